The second kappa shape index (κ2) is 8.91. The van der Waals surface area contributed by atoms with Crippen LogP contribution >= 0.6 is 0 Å². The fourth-order valence-corrected chi connectivity index (χ4v) is 3.46. The first-order valence-corrected chi connectivity index (χ1v) is 9.83. The van der Waals surface area contributed by atoms with E-state index in [1.54, 1.807) is 6.20 Å². The average Bonchev–Trinajstić information content (AvgIpc) is 3.16. The third-order valence-electron chi connectivity index (χ3n) is 4.98. The Morgan fingerprint density at radius 3 is 2.79 bits per heavy atom. The quantitative estimate of drug-likeness (QED) is 0.646. The highest BCUT2D eigenvalue weighted by molar-refractivity contribution is 5.91. The summed E-state index contributed by atoms with van der Waals surface area (Å²) in [5.74, 6) is 0.807. The van der Waals surface area contributed by atoms with Gasteiger partial charge in [-0.2, -0.15) is 4.98 Å². The molecule has 1 amide bonds. The molecule has 1 aliphatic rings. The molecule has 0 spiro atoms. The number of anilines is 1. The van der Waals surface area contributed by atoms with Crippen molar-refractivity contribution in [2.24, 2.45) is 0 Å². The average molecular weight is 395 g/mol. The van der Waals surface area contributed by atoms with E-state index in [1.807, 2.05) is 24.3 Å². The molecule has 1 N–H and O–H groups in total. The summed E-state index contributed by atoms with van der Waals surface area (Å²) in [7, 11) is 1.51. The first-order chi connectivity index (χ1) is 14.3. The van der Waals surface area contributed by atoms with E-state index in [-0.39, 0.29) is 12.0 Å². The Morgan fingerprint density at radius 2 is 2.03 bits per heavy atom. The van der Waals surface area contributed by atoms with Crippen molar-refractivity contribution < 1.29 is 14.3 Å². The molecule has 8 heteroatoms. The predicted molar refractivity (Wildman–Crippen MR) is 111 cm³/mol. The van der Waals surface area contributed by atoms with Gasteiger partial charge >= 0.3 is 12.0 Å². The number of hydrogen-bond donors (Lipinski definition) is 1. The number of morpholine rings is 1. The highest BCUT2D eigenvalue weighted by Gasteiger charge is 2.20. The van der Waals surface area contributed by atoms with Gasteiger partial charge in [0.2, 0.25) is 0 Å². The summed E-state index contributed by atoms with van der Waals surface area (Å²) >= 11 is 0. The molecule has 1 saturated heterocycles. The zero-order valence-corrected chi connectivity index (χ0v) is 16.5. The number of nitrogens with one attached hydrogen (secondary N) is 1. The standard InChI is InChI=1S/C21H25N5O3/c1-28-21-24-17-15-23-19(25-10-12-29-13-11-25)14-18(17)26(21)20(27)22-9-5-8-16-6-3-2-4-7-16/h2-4,6-7,14-15H,5,8-13H2,1H3,(H,22,27). The van der Waals surface area contributed by atoms with Gasteiger partial charge in [-0.15, -0.1) is 0 Å². The number of carbonyl (C=O) groups is 1. The molecule has 152 valence electrons. The third kappa shape index (κ3) is 4.32. The molecule has 1 fully saturated rings. The number of methoxy groups -OCH3 is 1. The summed E-state index contributed by atoms with van der Waals surface area (Å²) in [5, 5.41) is 2.97. The second-order valence-corrected chi connectivity index (χ2v) is 6.89. The van der Waals surface area contributed by atoms with Crippen LogP contribution in [0.4, 0.5) is 10.6 Å². The summed E-state index contributed by atoms with van der Waals surface area (Å²) in [5.41, 5.74) is 2.56. The molecule has 0 atom stereocenters. The molecule has 0 radical (unpaired) electrons. The van der Waals surface area contributed by atoms with Gasteiger partial charge in [0.1, 0.15) is 11.3 Å². The molecule has 0 saturated carbocycles. The van der Waals surface area contributed by atoms with Crippen LogP contribution in [-0.2, 0) is 11.2 Å². The minimum absolute atomic E-state index is 0.251. The summed E-state index contributed by atoms with van der Waals surface area (Å²) in [4.78, 5) is 23.9. The lowest BCUT2D eigenvalue weighted by Crippen LogP contribution is -2.36. The Bertz CT molecular complexity index is 967. The van der Waals surface area contributed by atoms with Crippen molar-refractivity contribution in [3.05, 3.63) is 48.2 Å². The van der Waals surface area contributed by atoms with Crippen LogP contribution in [0.5, 0.6) is 6.01 Å². The Hall–Kier alpha value is -3.13. The van der Waals surface area contributed by atoms with Gasteiger partial charge in [0.15, 0.2) is 0 Å². The minimum Gasteiger partial charge on any atom is -0.468 e. The van der Waals surface area contributed by atoms with Crippen molar-refractivity contribution in [3.63, 3.8) is 0 Å². The monoisotopic (exact) mass is 395 g/mol. The van der Waals surface area contributed by atoms with Crippen LogP contribution in [0.3, 0.4) is 0 Å². The molecule has 29 heavy (non-hydrogen) atoms. The van der Waals surface area contributed by atoms with Gasteiger partial charge < -0.3 is 19.7 Å². The highest BCUT2D eigenvalue weighted by atomic mass is 16.5. The molecule has 4 rings (SSSR count). The number of ether oxygens (including phenoxy) is 2. The summed E-state index contributed by atoms with van der Waals surface area (Å²) in [6, 6.07) is 12.1. The van der Waals surface area contributed by atoms with Crippen molar-refractivity contribution >= 4 is 22.9 Å². The Kier molecular flexibility index (Phi) is 5.90. The van der Waals surface area contributed by atoms with Crippen LogP contribution in [0, 0.1) is 0 Å². The zero-order chi connectivity index (χ0) is 20.1. The van der Waals surface area contributed by atoms with Crippen LogP contribution in [0.1, 0.15) is 12.0 Å². The molecule has 0 bridgehead atoms. The number of nitrogens with zero attached hydrogens (tertiary/aromatic N) is 4. The molecule has 1 aromatic carbocycles. The Morgan fingerprint density at radius 1 is 1.24 bits per heavy atom. The van der Waals surface area contributed by atoms with Gasteiger partial charge in [0, 0.05) is 25.7 Å². The van der Waals surface area contributed by atoms with E-state index < -0.39 is 0 Å². The molecule has 0 unspecified atom stereocenters. The second-order valence-electron chi connectivity index (χ2n) is 6.89. The van der Waals surface area contributed by atoms with Crippen LogP contribution in [-0.4, -0.2) is 60.5 Å². The van der Waals surface area contributed by atoms with Crippen LogP contribution < -0.4 is 15.0 Å². The maximum Gasteiger partial charge on any atom is 0.330 e. The van der Waals surface area contributed by atoms with Gasteiger partial charge in [-0.05, 0) is 18.4 Å². The van der Waals surface area contributed by atoms with E-state index in [0.717, 1.165) is 31.7 Å². The predicted octanol–water partition coefficient (Wildman–Crippen LogP) is 2.47. The molecule has 1 aliphatic heterocycles. The lowest BCUT2D eigenvalue weighted by atomic mass is 10.1. The number of rotatable bonds is 6. The third-order valence-corrected chi connectivity index (χ3v) is 4.98. The minimum atomic E-state index is -0.253. The normalized spacial score (nSPS) is 14.2. The number of aromatic nitrogens is 3. The summed E-state index contributed by atoms with van der Waals surface area (Å²) in [6.07, 6.45) is 3.45. The molecule has 2 aromatic heterocycles. The van der Waals surface area contributed by atoms with Crippen molar-refractivity contribution in [1.82, 2.24) is 19.9 Å². The number of imidazole rings is 1. The number of aryl methyl sites for hydroxylation is 1. The maximum atomic E-state index is 12.9. The fraction of sp³-hybridized carbons (Fsp3) is 0.381. The van der Waals surface area contributed by atoms with Crippen LogP contribution in [0.15, 0.2) is 42.6 Å². The van der Waals surface area contributed by atoms with Crippen LogP contribution in [0.2, 0.25) is 0 Å². The van der Waals surface area contributed by atoms with E-state index in [2.05, 4.69) is 32.3 Å². The molecule has 3 aromatic rings. The van der Waals surface area contributed by atoms with Gasteiger partial charge in [0.25, 0.3) is 0 Å². The highest BCUT2D eigenvalue weighted by Crippen LogP contribution is 2.24. The van der Waals surface area contributed by atoms with E-state index in [0.29, 0.717) is 30.8 Å². The van der Waals surface area contributed by atoms with E-state index in [4.69, 9.17) is 9.47 Å². The van der Waals surface area contributed by atoms with Gasteiger partial charge in [-0.25, -0.2) is 14.3 Å². The number of benzene rings is 1. The number of fused-ring (bicyclic) bond motifs is 1. The lowest BCUT2D eigenvalue weighted by Gasteiger charge is -2.27. The Labute approximate surface area is 169 Å². The summed E-state index contributed by atoms with van der Waals surface area (Å²) < 4.78 is 12.2. The fourth-order valence-electron chi connectivity index (χ4n) is 3.46. The molecule has 8 nitrogen and oxygen atoms in total. The Balaban J connectivity index is 1.49. The van der Waals surface area contributed by atoms with Crippen molar-refractivity contribution in [1.29, 1.82) is 0 Å². The van der Waals surface area contributed by atoms with Gasteiger partial charge in [-0.1, -0.05) is 30.3 Å². The molecular weight excluding hydrogens is 370 g/mol. The van der Waals surface area contributed by atoms with E-state index in [1.165, 1.54) is 17.2 Å². The SMILES string of the molecule is COc1nc2cnc(N3CCOCC3)cc2n1C(=O)NCCCc1ccccc1. The maximum absolute atomic E-state index is 12.9. The van der Waals surface area contributed by atoms with Gasteiger partial charge in [-0.3, -0.25) is 0 Å². The van der Waals surface area contributed by atoms with E-state index in [9.17, 15) is 4.79 Å². The van der Waals surface area contributed by atoms with Crippen molar-refractivity contribution in [2.45, 2.75) is 12.8 Å². The zero-order valence-electron chi connectivity index (χ0n) is 16.5. The first-order valence-electron chi connectivity index (χ1n) is 9.83. The van der Waals surface area contributed by atoms with Gasteiger partial charge in [0.05, 0.1) is 32.0 Å². The topological polar surface area (TPSA) is 81.5 Å². The largest absolute Gasteiger partial charge is 0.468 e. The molecule has 0 aliphatic carbocycles. The van der Waals surface area contributed by atoms with Crippen molar-refractivity contribution in [2.75, 3.05) is 44.9 Å². The van der Waals surface area contributed by atoms with E-state index >= 15 is 0 Å². The lowest BCUT2D eigenvalue weighted by molar-refractivity contribution is 0.122. The summed E-state index contributed by atoms with van der Waals surface area (Å²) in [6.45, 7) is 3.46. The number of carbonyl (C=O) groups excluding carboxylic acids is 1. The van der Waals surface area contributed by atoms with Crippen molar-refractivity contribution in [3.8, 4) is 6.01 Å². The number of hydrogen-bond acceptors (Lipinski definition) is 6. The van der Waals surface area contributed by atoms with Crippen LogP contribution in [0.25, 0.3) is 11.0 Å². The smallest absolute Gasteiger partial charge is 0.330 e. The number of pyridine rings is 1. The first kappa shape index (κ1) is 19.2. The number of amides is 1. The molecule has 3 heterocycles. The molecular formula is C21H25N5O3.